The van der Waals surface area contributed by atoms with Gasteiger partial charge in [0.25, 0.3) is 0 Å². The number of hydrogen-bond donors (Lipinski definition) is 2. The van der Waals surface area contributed by atoms with Crippen molar-refractivity contribution < 1.29 is 0 Å². The average molecular weight is 336 g/mol. The second-order valence-corrected chi connectivity index (χ2v) is 6.28. The first-order valence-electron chi connectivity index (χ1n) is 9.45. The van der Waals surface area contributed by atoms with Gasteiger partial charge in [0, 0.05) is 39.1 Å². The number of guanidine groups is 1. The molecular weight excluding hydrogens is 304 g/mol. The summed E-state index contributed by atoms with van der Waals surface area (Å²) in [5, 5.41) is 11.1. The van der Waals surface area contributed by atoms with Crippen molar-refractivity contribution in [1.29, 1.82) is 0 Å². The van der Waals surface area contributed by atoms with Crippen molar-refractivity contribution in [1.82, 2.24) is 25.0 Å². The van der Waals surface area contributed by atoms with Crippen LogP contribution in [0.15, 0.2) is 9.79 Å². The van der Waals surface area contributed by atoms with E-state index in [-0.39, 0.29) is 5.69 Å². The molecular formula is C17H32N6O. The Morgan fingerprint density at radius 2 is 2.08 bits per heavy atom. The summed E-state index contributed by atoms with van der Waals surface area (Å²) in [6.45, 7) is 8.22. The lowest BCUT2D eigenvalue weighted by Crippen LogP contribution is -2.38. The molecule has 7 nitrogen and oxygen atoms in total. The molecule has 0 unspecified atom stereocenters. The maximum atomic E-state index is 12.2. The second kappa shape index (κ2) is 10.2. The van der Waals surface area contributed by atoms with Gasteiger partial charge in [-0.25, -0.2) is 9.48 Å². The zero-order chi connectivity index (χ0) is 17.2. The summed E-state index contributed by atoms with van der Waals surface area (Å²) < 4.78 is 3.43. The summed E-state index contributed by atoms with van der Waals surface area (Å²) in [5.74, 6) is 1.81. The van der Waals surface area contributed by atoms with Gasteiger partial charge in [-0.05, 0) is 32.6 Å². The van der Waals surface area contributed by atoms with Crippen molar-refractivity contribution in [3.8, 4) is 0 Å². The fourth-order valence-corrected chi connectivity index (χ4v) is 2.93. The molecule has 1 aromatic heterocycles. The van der Waals surface area contributed by atoms with Gasteiger partial charge in [0.1, 0.15) is 5.82 Å². The van der Waals surface area contributed by atoms with Crippen LogP contribution in [0.1, 0.15) is 58.2 Å². The van der Waals surface area contributed by atoms with Gasteiger partial charge in [-0.3, -0.25) is 9.56 Å². The lowest BCUT2D eigenvalue weighted by molar-refractivity contribution is 0.509. The number of aryl methyl sites for hydroxylation is 2. The van der Waals surface area contributed by atoms with Crippen LogP contribution in [0.3, 0.4) is 0 Å². The quantitative estimate of drug-likeness (QED) is 0.407. The number of unbranched alkanes of at least 4 members (excludes halogenated alkanes) is 2. The van der Waals surface area contributed by atoms with Crippen LogP contribution in [0.25, 0.3) is 0 Å². The topological polar surface area (TPSA) is 76.2 Å². The van der Waals surface area contributed by atoms with Gasteiger partial charge in [0.2, 0.25) is 0 Å². The molecule has 0 saturated carbocycles. The molecule has 0 saturated heterocycles. The van der Waals surface area contributed by atoms with Crippen LogP contribution >= 0.6 is 0 Å². The van der Waals surface area contributed by atoms with Crippen LogP contribution in [0.5, 0.6) is 0 Å². The number of aliphatic imine (C=N–C) groups is 1. The van der Waals surface area contributed by atoms with E-state index in [2.05, 4.69) is 34.6 Å². The zero-order valence-corrected chi connectivity index (χ0v) is 15.2. The minimum atomic E-state index is 0.0401. The maximum absolute atomic E-state index is 12.2. The maximum Gasteiger partial charge on any atom is 0.345 e. The third-order valence-corrected chi connectivity index (χ3v) is 4.25. The molecule has 0 atom stereocenters. The average Bonchev–Trinajstić information content (AvgIpc) is 2.92. The van der Waals surface area contributed by atoms with Crippen LogP contribution in [-0.2, 0) is 19.5 Å². The molecule has 0 amide bonds. The fraction of sp³-hybridized carbons (Fsp3) is 0.824. The van der Waals surface area contributed by atoms with Crippen LogP contribution in [0.2, 0.25) is 0 Å². The van der Waals surface area contributed by atoms with Crippen molar-refractivity contribution in [3.05, 3.63) is 16.3 Å². The fourth-order valence-electron chi connectivity index (χ4n) is 2.93. The Balaban J connectivity index is 1.79. The first kappa shape index (κ1) is 18.5. The van der Waals surface area contributed by atoms with E-state index in [1.165, 1.54) is 12.8 Å². The standard InChI is InChI=1S/C17H32N6O/c1-3-5-7-11-19-16(18-4-2)20-12-9-14-23-17(24)22-13-8-6-10-15(22)21-23/h3-14H2,1-2H3,(H2,18,19,20). The van der Waals surface area contributed by atoms with Crippen molar-refractivity contribution >= 4 is 5.96 Å². The van der Waals surface area contributed by atoms with Crippen LogP contribution in [0, 0.1) is 0 Å². The van der Waals surface area contributed by atoms with Gasteiger partial charge < -0.3 is 10.6 Å². The Kier molecular flexibility index (Phi) is 7.85. The largest absolute Gasteiger partial charge is 0.357 e. The molecule has 0 bridgehead atoms. The van der Waals surface area contributed by atoms with Gasteiger partial charge in [0.15, 0.2) is 5.96 Å². The first-order chi connectivity index (χ1) is 11.8. The lowest BCUT2D eigenvalue weighted by Gasteiger charge is -2.10. The number of rotatable bonds is 9. The molecule has 136 valence electrons. The third kappa shape index (κ3) is 5.39. The Morgan fingerprint density at radius 1 is 1.21 bits per heavy atom. The van der Waals surface area contributed by atoms with E-state index in [0.717, 1.165) is 63.5 Å². The molecule has 2 heterocycles. The Labute approximate surface area is 144 Å². The molecule has 0 radical (unpaired) electrons. The Hall–Kier alpha value is -1.79. The van der Waals surface area contributed by atoms with Crippen molar-refractivity contribution in [2.75, 3.05) is 19.6 Å². The van der Waals surface area contributed by atoms with E-state index in [1.807, 2.05) is 4.57 Å². The normalized spacial score (nSPS) is 14.5. The Bertz CT molecular complexity index is 574. The monoisotopic (exact) mass is 336 g/mol. The molecule has 0 spiro atoms. The summed E-state index contributed by atoms with van der Waals surface area (Å²) in [6, 6.07) is 0. The molecule has 2 N–H and O–H groups in total. The van der Waals surface area contributed by atoms with E-state index in [1.54, 1.807) is 4.68 Å². The van der Waals surface area contributed by atoms with E-state index >= 15 is 0 Å². The SMILES string of the molecule is CCCCCNC(=NCCCn1nc2n(c1=O)CCCC2)NCC. The van der Waals surface area contributed by atoms with E-state index < -0.39 is 0 Å². The number of fused-ring (bicyclic) bond motifs is 1. The first-order valence-corrected chi connectivity index (χ1v) is 9.45. The minimum Gasteiger partial charge on any atom is -0.357 e. The highest BCUT2D eigenvalue weighted by atomic mass is 16.2. The number of hydrogen-bond acceptors (Lipinski definition) is 3. The highest BCUT2D eigenvalue weighted by Crippen LogP contribution is 2.09. The van der Waals surface area contributed by atoms with Crippen molar-refractivity contribution in [3.63, 3.8) is 0 Å². The molecule has 1 aliphatic rings. The molecule has 24 heavy (non-hydrogen) atoms. The minimum absolute atomic E-state index is 0.0401. The van der Waals surface area contributed by atoms with Gasteiger partial charge in [0.05, 0.1) is 0 Å². The number of nitrogens with one attached hydrogen (secondary N) is 2. The van der Waals surface area contributed by atoms with E-state index in [0.29, 0.717) is 13.1 Å². The molecule has 0 aromatic carbocycles. The third-order valence-electron chi connectivity index (χ3n) is 4.25. The molecule has 0 fully saturated rings. The summed E-state index contributed by atoms with van der Waals surface area (Å²) >= 11 is 0. The molecule has 1 aliphatic heterocycles. The molecule has 1 aromatic rings. The number of aromatic nitrogens is 3. The van der Waals surface area contributed by atoms with Gasteiger partial charge in [-0.2, -0.15) is 5.10 Å². The van der Waals surface area contributed by atoms with E-state index in [9.17, 15) is 4.79 Å². The Morgan fingerprint density at radius 3 is 2.83 bits per heavy atom. The predicted octanol–water partition coefficient (Wildman–Crippen LogP) is 1.52. The smallest absolute Gasteiger partial charge is 0.345 e. The number of nitrogens with zero attached hydrogens (tertiary/aromatic N) is 4. The summed E-state index contributed by atoms with van der Waals surface area (Å²) in [4.78, 5) is 16.8. The summed E-state index contributed by atoms with van der Waals surface area (Å²) in [5.41, 5.74) is 0.0401. The zero-order valence-electron chi connectivity index (χ0n) is 15.2. The van der Waals surface area contributed by atoms with Crippen molar-refractivity contribution in [2.24, 2.45) is 4.99 Å². The lowest BCUT2D eigenvalue weighted by atomic mass is 10.2. The second-order valence-electron chi connectivity index (χ2n) is 6.28. The highest BCUT2D eigenvalue weighted by Gasteiger charge is 2.15. The summed E-state index contributed by atoms with van der Waals surface area (Å²) in [6.07, 6.45) is 7.58. The van der Waals surface area contributed by atoms with Gasteiger partial charge >= 0.3 is 5.69 Å². The van der Waals surface area contributed by atoms with Gasteiger partial charge in [-0.15, -0.1) is 0 Å². The van der Waals surface area contributed by atoms with Crippen molar-refractivity contribution in [2.45, 2.75) is 71.9 Å². The van der Waals surface area contributed by atoms with Gasteiger partial charge in [-0.1, -0.05) is 19.8 Å². The highest BCUT2D eigenvalue weighted by molar-refractivity contribution is 5.79. The predicted molar refractivity (Wildman–Crippen MR) is 97.5 cm³/mol. The molecule has 0 aliphatic carbocycles. The van der Waals surface area contributed by atoms with Crippen LogP contribution < -0.4 is 16.3 Å². The van der Waals surface area contributed by atoms with E-state index in [4.69, 9.17) is 0 Å². The van der Waals surface area contributed by atoms with Crippen LogP contribution in [0.4, 0.5) is 0 Å². The molecule has 7 heteroatoms. The summed E-state index contributed by atoms with van der Waals surface area (Å²) in [7, 11) is 0. The van der Waals surface area contributed by atoms with Crippen LogP contribution in [-0.4, -0.2) is 39.9 Å². The molecule has 2 rings (SSSR count).